The van der Waals surface area contributed by atoms with E-state index in [0.29, 0.717) is 13.1 Å². The summed E-state index contributed by atoms with van der Waals surface area (Å²) in [5.74, 6) is 0.744. The molecule has 2 rings (SSSR count). The smallest absolute Gasteiger partial charge is 0.191 e. The molecule has 0 radical (unpaired) electrons. The molecular weight excluding hydrogens is 344 g/mol. The van der Waals surface area contributed by atoms with Crippen molar-refractivity contribution in [1.82, 2.24) is 25.3 Å². The Morgan fingerprint density at radius 1 is 1.33 bits per heavy atom. The first kappa shape index (κ1) is 21.7. The Hall–Kier alpha value is -1.64. The van der Waals surface area contributed by atoms with Gasteiger partial charge in [0, 0.05) is 45.0 Å². The summed E-state index contributed by atoms with van der Waals surface area (Å²) in [6.07, 6.45) is 0.955. The summed E-state index contributed by atoms with van der Waals surface area (Å²) in [7, 11) is 0. The first-order valence-electron chi connectivity index (χ1n) is 9.95. The first-order chi connectivity index (χ1) is 12.9. The number of aliphatic imine (C=N–C) groups is 1. The molecule has 1 aromatic heterocycles. The number of hydrogen-bond donors (Lipinski definition) is 3. The van der Waals surface area contributed by atoms with Crippen molar-refractivity contribution >= 4 is 5.96 Å². The SMILES string of the molecule is CCNC(=NCC(C)(O)CN1CCOCC1)NCCCn1nc(C)cc1C. The van der Waals surface area contributed by atoms with E-state index < -0.39 is 5.60 Å². The zero-order chi connectivity index (χ0) is 19.7. The van der Waals surface area contributed by atoms with Gasteiger partial charge in [0.2, 0.25) is 0 Å². The minimum atomic E-state index is -0.858. The van der Waals surface area contributed by atoms with Crippen molar-refractivity contribution in [2.24, 2.45) is 4.99 Å². The summed E-state index contributed by atoms with van der Waals surface area (Å²) in [6, 6.07) is 2.09. The van der Waals surface area contributed by atoms with Gasteiger partial charge >= 0.3 is 0 Å². The van der Waals surface area contributed by atoms with Crippen molar-refractivity contribution in [2.45, 2.75) is 46.3 Å². The lowest BCUT2D eigenvalue weighted by molar-refractivity contribution is -0.0179. The lowest BCUT2D eigenvalue weighted by Gasteiger charge is -2.33. The lowest BCUT2D eigenvalue weighted by atomic mass is 10.1. The highest BCUT2D eigenvalue weighted by atomic mass is 16.5. The van der Waals surface area contributed by atoms with E-state index >= 15 is 0 Å². The molecule has 0 saturated carbocycles. The van der Waals surface area contributed by atoms with Gasteiger partial charge in [-0.05, 0) is 40.2 Å². The quantitative estimate of drug-likeness (QED) is 0.329. The second-order valence-corrected chi connectivity index (χ2v) is 7.51. The number of aromatic nitrogens is 2. The second kappa shape index (κ2) is 10.6. The van der Waals surface area contributed by atoms with Crippen LogP contribution in [0, 0.1) is 13.8 Å². The Morgan fingerprint density at radius 2 is 2.07 bits per heavy atom. The molecule has 1 saturated heterocycles. The molecule has 0 aromatic carbocycles. The molecule has 1 aliphatic rings. The van der Waals surface area contributed by atoms with E-state index in [-0.39, 0.29) is 0 Å². The number of ether oxygens (including phenoxy) is 1. The van der Waals surface area contributed by atoms with Crippen molar-refractivity contribution in [1.29, 1.82) is 0 Å². The maximum absolute atomic E-state index is 10.7. The normalized spacial score (nSPS) is 18.3. The fourth-order valence-corrected chi connectivity index (χ4v) is 3.22. The number of β-amino-alcohol motifs (C(OH)–C–C–N with tert-alkyl or cyclic N) is 1. The van der Waals surface area contributed by atoms with Crippen molar-refractivity contribution in [2.75, 3.05) is 52.5 Å². The van der Waals surface area contributed by atoms with E-state index in [1.807, 2.05) is 25.5 Å². The fourth-order valence-electron chi connectivity index (χ4n) is 3.22. The predicted octanol–water partition coefficient (Wildman–Crippen LogP) is 0.528. The minimum absolute atomic E-state index is 0.358. The van der Waals surface area contributed by atoms with E-state index in [2.05, 4.69) is 38.6 Å². The summed E-state index contributed by atoms with van der Waals surface area (Å²) < 4.78 is 7.40. The molecule has 27 heavy (non-hydrogen) atoms. The van der Waals surface area contributed by atoms with Crippen LogP contribution >= 0.6 is 0 Å². The highest BCUT2D eigenvalue weighted by Gasteiger charge is 2.25. The Morgan fingerprint density at radius 3 is 2.70 bits per heavy atom. The summed E-state index contributed by atoms with van der Waals surface area (Å²) in [4.78, 5) is 6.81. The molecule has 0 amide bonds. The average Bonchev–Trinajstić information content (AvgIpc) is 2.94. The monoisotopic (exact) mass is 380 g/mol. The highest BCUT2D eigenvalue weighted by Crippen LogP contribution is 2.09. The number of rotatable bonds is 9. The highest BCUT2D eigenvalue weighted by molar-refractivity contribution is 5.79. The van der Waals surface area contributed by atoms with Crippen LogP contribution in [-0.4, -0.2) is 83.8 Å². The summed E-state index contributed by atoms with van der Waals surface area (Å²) in [6.45, 7) is 14.6. The summed E-state index contributed by atoms with van der Waals surface area (Å²) in [5, 5.41) is 21.8. The van der Waals surface area contributed by atoms with Crippen molar-refractivity contribution < 1.29 is 9.84 Å². The van der Waals surface area contributed by atoms with Crippen LogP contribution in [0.15, 0.2) is 11.1 Å². The molecule has 0 spiro atoms. The summed E-state index contributed by atoms with van der Waals surface area (Å²) in [5.41, 5.74) is 1.38. The van der Waals surface area contributed by atoms with E-state index in [4.69, 9.17) is 4.74 Å². The number of nitrogens with zero attached hydrogens (tertiary/aromatic N) is 4. The van der Waals surface area contributed by atoms with Crippen LogP contribution < -0.4 is 10.6 Å². The zero-order valence-corrected chi connectivity index (χ0v) is 17.3. The van der Waals surface area contributed by atoms with Crippen LogP contribution in [0.1, 0.15) is 31.7 Å². The number of guanidine groups is 1. The van der Waals surface area contributed by atoms with Gasteiger partial charge in [0.05, 0.1) is 31.1 Å². The van der Waals surface area contributed by atoms with Crippen molar-refractivity contribution in [3.05, 3.63) is 17.5 Å². The molecule has 1 aliphatic heterocycles. The maximum Gasteiger partial charge on any atom is 0.191 e. The van der Waals surface area contributed by atoms with Crippen LogP contribution in [0.25, 0.3) is 0 Å². The Bertz CT molecular complexity index is 593. The van der Waals surface area contributed by atoms with E-state index in [0.717, 1.165) is 64.0 Å². The second-order valence-electron chi connectivity index (χ2n) is 7.51. The van der Waals surface area contributed by atoms with Gasteiger partial charge in [-0.2, -0.15) is 5.10 Å². The molecule has 2 heterocycles. The number of aryl methyl sites for hydroxylation is 3. The fraction of sp³-hybridized carbons (Fsp3) is 0.789. The zero-order valence-electron chi connectivity index (χ0n) is 17.3. The van der Waals surface area contributed by atoms with Crippen molar-refractivity contribution in [3.8, 4) is 0 Å². The molecule has 0 aliphatic carbocycles. The van der Waals surface area contributed by atoms with Gasteiger partial charge in [-0.3, -0.25) is 14.6 Å². The van der Waals surface area contributed by atoms with Crippen LogP contribution in [-0.2, 0) is 11.3 Å². The number of morpholine rings is 1. The van der Waals surface area contributed by atoms with E-state index in [1.165, 1.54) is 5.69 Å². The maximum atomic E-state index is 10.7. The van der Waals surface area contributed by atoms with Gasteiger partial charge in [-0.15, -0.1) is 0 Å². The number of aliphatic hydroxyl groups is 1. The van der Waals surface area contributed by atoms with E-state index in [1.54, 1.807) is 0 Å². The standard InChI is InChI=1S/C19H36N6O2/c1-5-20-18(21-7-6-8-25-17(3)13-16(2)23-25)22-14-19(4,26)15-24-9-11-27-12-10-24/h13,26H,5-12,14-15H2,1-4H3,(H2,20,21,22). The molecule has 0 bridgehead atoms. The molecule has 1 aromatic rings. The minimum Gasteiger partial charge on any atom is -0.387 e. The van der Waals surface area contributed by atoms with Gasteiger partial charge in [-0.1, -0.05) is 0 Å². The van der Waals surface area contributed by atoms with E-state index in [9.17, 15) is 5.11 Å². The molecule has 1 atom stereocenters. The first-order valence-corrected chi connectivity index (χ1v) is 9.95. The Labute approximate surface area is 163 Å². The molecule has 154 valence electrons. The van der Waals surface area contributed by atoms with Gasteiger partial charge in [-0.25, -0.2) is 0 Å². The predicted molar refractivity (Wildman–Crippen MR) is 108 cm³/mol. The van der Waals surface area contributed by atoms with Crippen LogP contribution in [0.5, 0.6) is 0 Å². The molecule has 1 fully saturated rings. The van der Waals surface area contributed by atoms with Gasteiger partial charge < -0.3 is 20.5 Å². The Balaban J connectivity index is 1.77. The van der Waals surface area contributed by atoms with Gasteiger partial charge in [0.15, 0.2) is 5.96 Å². The Kier molecular flexibility index (Phi) is 8.53. The summed E-state index contributed by atoms with van der Waals surface area (Å²) >= 11 is 0. The van der Waals surface area contributed by atoms with Crippen LogP contribution in [0.4, 0.5) is 0 Å². The van der Waals surface area contributed by atoms with Gasteiger partial charge in [0.1, 0.15) is 0 Å². The molecule has 8 heteroatoms. The third-order valence-corrected chi connectivity index (χ3v) is 4.53. The number of hydrogen-bond acceptors (Lipinski definition) is 5. The largest absolute Gasteiger partial charge is 0.387 e. The lowest BCUT2D eigenvalue weighted by Crippen LogP contribution is -2.48. The third-order valence-electron chi connectivity index (χ3n) is 4.53. The molecule has 1 unspecified atom stereocenters. The number of nitrogens with one attached hydrogen (secondary N) is 2. The molecule has 8 nitrogen and oxygen atoms in total. The average molecular weight is 381 g/mol. The van der Waals surface area contributed by atoms with Crippen LogP contribution in [0.2, 0.25) is 0 Å². The van der Waals surface area contributed by atoms with Gasteiger partial charge in [0.25, 0.3) is 0 Å². The van der Waals surface area contributed by atoms with Crippen LogP contribution in [0.3, 0.4) is 0 Å². The topological polar surface area (TPSA) is 86.9 Å². The van der Waals surface area contributed by atoms with Crippen molar-refractivity contribution in [3.63, 3.8) is 0 Å². The third kappa shape index (κ3) is 7.86. The molecular formula is C19H36N6O2. The molecule has 3 N–H and O–H groups in total.